The van der Waals surface area contributed by atoms with Gasteiger partial charge in [0, 0.05) is 0 Å². The summed E-state index contributed by atoms with van der Waals surface area (Å²) in [4.78, 5) is 22.3. The number of rotatable bonds is 4. The number of esters is 1. The first-order chi connectivity index (χ1) is 7.56. The van der Waals surface area contributed by atoms with Crippen LogP contribution in [0.5, 0.6) is 0 Å². The Kier molecular flexibility index (Phi) is 4.13. The lowest BCUT2D eigenvalue weighted by molar-refractivity contribution is -0.144. The average molecular weight is 243 g/mol. The van der Waals surface area contributed by atoms with Gasteiger partial charge in [0.15, 0.2) is 0 Å². The first kappa shape index (κ1) is 12.3. The summed E-state index contributed by atoms with van der Waals surface area (Å²) in [5.41, 5.74) is 5.51. The first-order valence-electron chi connectivity index (χ1n) is 4.44. The van der Waals surface area contributed by atoms with E-state index in [0.717, 1.165) is 0 Å². The standard InChI is InChI=1S/C10H11ClN2O3/c1-16-10(15)8(9(12)14)13-7-5-3-2-4-6(7)11/h2-5,8,13H,1H3,(H2,12,14). The molecule has 0 saturated carbocycles. The summed E-state index contributed by atoms with van der Waals surface area (Å²) in [5, 5.41) is 3.00. The molecule has 0 spiro atoms. The van der Waals surface area contributed by atoms with E-state index < -0.39 is 17.9 Å². The maximum Gasteiger partial charge on any atom is 0.338 e. The van der Waals surface area contributed by atoms with Gasteiger partial charge in [-0.15, -0.1) is 0 Å². The number of methoxy groups -OCH3 is 1. The van der Waals surface area contributed by atoms with E-state index in [-0.39, 0.29) is 0 Å². The van der Waals surface area contributed by atoms with E-state index in [1.165, 1.54) is 7.11 Å². The smallest absolute Gasteiger partial charge is 0.338 e. The number of primary amides is 1. The van der Waals surface area contributed by atoms with E-state index >= 15 is 0 Å². The Morgan fingerprint density at radius 1 is 1.44 bits per heavy atom. The van der Waals surface area contributed by atoms with Gasteiger partial charge in [-0.3, -0.25) is 4.79 Å². The number of anilines is 1. The van der Waals surface area contributed by atoms with Crippen molar-refractivity contribution in [2.75, 3.05) is 12.4 Å². The Hall–Kier alpha value is -1.75. The zero-order chi connectivity index (χ0) is 12.1. The SMILES string of the molecule is COC(=O)C(Nc1ccccc1Cl)C(N)=O. The van der Waals surface area contributed by atoms with Crippen LogP contribution in [0, 0.1) is 0 Å². The highest BCUT2D eigenvalue weighted by atomic mass is 35.5. The highest BCUT2D eigenvalue weighted by Gasteiger charge is 2.25. The number of carbonyl (C=O) groups is 2. The molecule has 86 valence electrons. The van der Waals surface area contributed by atoms with E-state index in [1.54, 1.807) is 24.3 Å². The number of benzene rings is 1. The second kappa shape index (κ2) is 5.37. The molecule has 1 unspecified atom stereocenters. The zero-order valence-electron chi connectivity index (χ0n) is 8.57. The zero-order valence-corrected chi connectivity index (χ0v) is 9.32. The second-order valence-corrected chi connectivity index (χ2v) is 3.39. The third-order valence-electron chi connectivity index (χ3n) is 1.90. The largest absolute Gasteiger partial charge is 0.467 e. The minimum Gasteiger partial charge on any atom is -0.467 e. The Morgan fingerprint density at radius 2 is 2.06 bits per heavy atom. The van der Waals surface area contributed by atoms with Crippen molar-refractivity contribution in [3.05, 3.63) is 29.3 Å². The number of nitrogens with two attached hydrogens (primary N) is 1. The molecule has 1 aromatic carbocycles. The molecule has 0 heterocycles. The summed E-state index contributed by atoms with van der Waals surface area (Å²) in [6.07, 6.45) is 0. The molecule has 0 aliphatic heterocycles. The highest BCUT2D eigenvalue weighted by Crippen LogP contribution is 2.21. The Bertz CT molecular complexity index is 409. The topological polar surface area (TPSA) is 81.4 Å². The van der Waals surface area contributed by atoms with Gasteiger partial charge in [0.1, 0.15) is 0 Å². The van der Waals surface area contributed by atoms with Crippen LogP contribution in [0.4, 0.5) is 5.69 Å². The molecule has 0 bridgehead atoms. The summed E-state index contributed by atoms with van der Waals surface area (Å²) >= 11 is 5.85. The Labute approximate surface area is 97.5 Å². The van der Waals surface area contributed by atoms with Crippen LogP contribution in [0.25, 0.3) is 0 Å². The summed E-state index contributed by atoms with van der Waals surface area (Å²) in [5.74, 6) is -1.58. The summed E-state index contributed by atoms with van der Waals surface area (Å²) in [6.45, 7) is 0. The fourth-order valence-corrected chi connectivity index (χ4v) is 1.29. The number of hydrogen-bond acceptors (Lipinski definition) is 4. The van der Waals surface area contributed by atoms with E-state index in [0.29, 0.717) is 10.7 Å². The maximum absolute atomic E-state index is 11.2. The van der Waals surface area contributed by atoms with Crippen molar-refractivity contribution in [2.24, 2.45) is 5.73 Å². The molecule has 5 nitrogen and oxygen atoms in total. The number of amides is 1. The van der Waals surface area contributed by atoms with Gasteiger partial charge in [0.2, 0.25) is 6.04 Å². The third-order valence-corrected chi connectivity index (χ3v) is 2.22. The molecule has 16 heavy (non-hydrogen) atoms. The molecule has 0 aliphatic carbocycles. The molecule has 3 N–H and O–H groups in total. The fourth-order valence-electron chi connectivity index (χ4n) is 1.10. The Balaban J connectivity index is 2.88. The van der Waals surface area contributed by atoms with Crippen LogP contribution in [0.1, 0.15) is 0 Å². The normalized spacial score (nSPS) is 11.6. The van der Waals surface area contributed by atoms with Crippen molar-refractivity contribution in [3.63, 3.8) is 0 Å². The van der Waals surface area contributed by atoms with E-state index in [1.807, 2.05) is 0 Å². The third kappa shape index (κ3) is 2.87. The molecule has 0 radical (unpaired) electrons. The number of nitrogens with one attached hydrogen (secondary N) is 1. The molecule has 0 aliphatic rings. The van der Waals surface area contributed by atoms with Crippen LogP contribution in [0.3, 0.4) is 0 Å². The van der Waals surface area contributed by atoms with Crippen molar-refractivity contribution in [1.29, 1.82) is 0 Å². The number of halogens is 1. The van der Waals surface area contributed by atoms with Crippen LogP contribution in [0.15, 0.2) is 24.3 Å². The van der Waals surface area contributed by atoms with Gasteiger partial charge >= 0.3 is 5.97 Å². The van der Waals surface area contributed by atoms with E-state index in [9.17, 15) is 9.59 Å². The van der Waals surface area contributed by atoms with Crippen LogP contribution in [-0.2, 0) is 14.3 Å². The first-order valence-corrected chi connectivity index (χ1v) is 4.82. The number of para-hydroxylation sites is 1. The van der Waals surface area contributed by atoms with E-state index in [4.69, 9.17) is 17.3 Å². The van der Waals surface area contributed by atoms with Crippen LogP contribution in [-0.4, -0.2) is 25.0 Å². The predicted octanol–water partition coefficient (Wildman–Crippen LogP) is 0.779. The van der Waals surface area contributed by atoms with Gasteiger partial charge in [0.05, 0.1) is 17.8 Å². The molecule has 6 heteroatoms. The molecule has 1 atom stereocenters. The monoisotopic (exact) mass is 242 g/mol. The van der Waals surface area contributed by atoms with Crippen molar-refractivity contribution >= 4 is 29.2 Å². The van der Waals surface area contributed by atoms with Gasteiger partial charge in [0.25, 0.3) is 5.91 Å². The van der Waals surface area contributed by atoms with Crippen LogP contribution in [0.2, 0.25) is 5.02 Å². The molecule has 0 aromatic heterocycles. The fraction of sp³-hybridized carbons (Fsp3) is 0.200. The van der Waals surface area contributed by atoms with Crippen LogP contribution >= 0.6 is 11.6 Å². The van der Waals surface area contributed by atoms with Gasteiger partial charge in [-0.2, -0.15) is 0 Å². The summed E-state index contributed by atoms with van der Waals surface area (Å²) in [7, 11) is 1.17. The molecule has 1 rings (SSSR count). The van der Waals surface area contributed by atoms with Crippen LogP contribution < -0.4 is 11.1 Å². The molecule has 1 aromatic rings. The average Bonchev–Trinajstić information content (AvgIpc) is 2.26. The molecule has 0 saturated heterocycles. The van der Waals surface area contributed by atoms with Gasteiger partial charge < -0.3 is 15.8 Å². The predicted molar refractivity (Wildman–Crippen MR) is 60.1 cm³/mol. The lowest BCUT2D eigenvalue weighted by Gasteiger charge is -2.15. The molecule has 0 fully saturated rings. The molecular formula is C10H11ClN2O3. The lowest BCUT2D eigenvalue weighted by Crippen LogP contribution is -2.42. The number of ether oxygens (including phenoxy) is 1. The van der Waals surface area contributed by atoms with Crippen molar-refractivity contribution in [3.8, 4) is 0 Å². The van der Waals surface area contributed by atoms with E-state index in [2.05, 4.69) is 10.1 Å². The lowest BCUT2D eigenvalue weighted by atomic mass is 10.2. The number of hydrogen-bond donors (Lipinski definition) is 2. The molecular weight excluding hydrogens is 232 g/mol. The Morgan fingerprint density at radius 3 is 2.56 bits per heavy atom. The second-order valence-electron chi connectivity index (χ2n) is 2.98. The minimum absolute atomic E-state index is 0.387. The highest BCUT2D eigenvalue weighted by molar-refractivity contribution is 6.33. The summed E-state index contributed by atoms with van der Waals surface area (Å²) in [6, 6.07) is 5.44. The number of carbonyl (C=O) groups excluding carboxylic acids is 2. The minimum atomic E-state index is -1.25. The van der Waals surface area contributed by atoms with Gasteiger partial charge in [-0.25, -0.2) is 4.79 Å². The van der Waals surface area contributed by atoms with Gasteiger partial charge in [-0.05, 0) is 12.1 Å². The quantitative estimate of drug-likeness (QED) is 0.604. The van der Waals surface area contributed by atoms with Crippen molar-refractivity contribution in [1.82, 2.24) is 0 Å². The molecule has 1 amide bonds. The maximum atomic E-state index is 11.2. The van der Waals surface area contributed by atoms with Gasteiger partial charge in [-0.1, -0.05) is 23.7 Å². The van der Waals surface area contributed by atoms with Crippen molar-refractivity contribution < 1.29 is 14.3 Å². The van der Waals surface area contributed by atoms with Crippen molar-refractivity contribution in [2.45, 2.75) is 6.04 Å². The summed E-state index contributed by atoms with van der Waals surface area (Å²) < 4.78 is 4.44.